The van der Waals surface area contributed by atoms with E-state index in [4.69, 9.17) is 10.5 Å². The van der Waals surface area contributed by atoms with Crippen LogP contribution < -0.4 is 11.1 Å². The van der Waals surface area contributed by atoms with Gasteiger partial charge in [-0.1, -0.05) is 13.8 Å². The number of ether oxygens (including phenoxy) is 1. The molecule has 4 N–H and O–H groups in total. The first-order chi connectivity index (χ1) is 9.92. The van der Waals surface area contributed by atoms with E-state index in [1.54, 1.807) is 18.2 Å². The highest BCUT2D eigenvalue weighted by Gasteiger charge is 2.25. The van der Waals surface area contributed by atoms with Gasteiger partial charge in [-0.15, -0.1) is 0 Å². The van der Waals surface area contributed by atoms with Gasteiger partial charge in [0, 0.05) is 16.6 Å². The number of hydrogen-bond donors (Lipinski definition) is 3. The van der Waals surface area contributed by atoms with Crippen LogP contribution in [0.3, 0.4) is 0 Å². The summed E-state index contributed by atoms with van der Waals surface area (Å²) in [6.07, 6.45) is 0. The highest BCUT2D eigenvalue weighted by atomic mass is 16.5. The number of fused-ring (bicyclic) bond motifs is 1. The molecule has 2 rings (SSSR count). The predicted molar refractivity (Wildman–Crippen MR) is 80.8 cm³/mol. The third-order valence-electron chi connectivity index (χ3n) is 3.30. The molecular formula is C15H19N3O3. The van der Waals surface area contributed by atoms with Crippen molar-refractivity contribution in [3.63, 3.8) is 0 Å². The second kappa shape index (κ2) is 5.87. The average molecular weight is 289 g/mol. The van der Waals surface area contributed by atoms with Crippen molar-refractivity contribution in [2.75, 3.05) is 12.8 Å². The minimum absolute atomic E-state index is 0.0681. The van der Waals surface area contributed by atoms with Crippen molar-refractivity contribution < 1.29 is 14.3 Å². The smallest absolute Gasteiger partial charge is 0.328 e. The third-order valence-corrected chi connectivity index (χ3v) is 3.30. The Morgan fingerprint density at radius 2 is 2.00 bits per heavy atom. The van der Waals surface area contributed by atoms with Crippen LogP contribution in [0.5, 0.6) is 0 Å². The van der Waals surface area contributed by atoms with E-state index in [2.05, 4.69) is 10.3 Å². The number of benzene rings is 1. The summed E-state index contributed by atoms with van der Waals surface area (Å²) in [5.74, 6) is -0.881. The fraction of sp³-hybridized carbons (Fsp3) is 0.333. The van der Waals surface area contributed by atoms with Gasteiger partial charge in [0.25, 0.3) is 5.91 Å². The fourth-order valence-electron chi connectivity index (χ4n) is 2.12. The Kier molecular flexibility index (Phi) is 4.16. The van der Waals surface area contributed by atoms with Crippen molar-refractivity contribution in [1.29, 1.82) is 0 Å². The quantitative estimate of drug-likeness (QED) is 0.589. The summed E-state index contributed by atoms with van der Waals surface area (Å²) in [6, 6.07) is 6.37. The second-order valence-corrected chi connectivity index (χ2v) is 5.25. The Morgan fingerprint density at radius 1 is 1.29 bits per heavy atom. The van der Waals surface area contributed by atoms with E-state index < -0.39 is 12.0 Å². The minimum atomic E-state index is -0.681. The number of nitrogen functional groups attached to an aromatic ring is 1. The first kappa shape index (κ1) is 14.9. The molecule has 0 saturated carbocycles. The number of methoxy groups -OCH3 is 1. The average Bonchev–Trinajstić information content (AvgIpc) is 2.86. The van der Waals surface area contributed by atoms with Gasteiger partial charge in [0.05, 0.1) is 7.11 Å². The molecule has 6 nitrogen and oxygen atoms in total. The molecule has 0 spiro atoms. The molecule has 0 bridgehead atoms. The summed E-state index contributed by atoms with van der Waals surface area (Å²) in [5.41, 5.74) is 7.53. The largest absolute Gasteiger partial charge is 0.467 e. The Morgan fingerprint density at radius 3 is 2.62 bits per heavy atom. The molecule has 0 saturated heterocycles. The Balaban J connectivity index is 2.23. The van der Waals surface area contributed by atoms with Crippen molar-refractivity contribution in [3.8, 4) is 0 Å². The van der Waals surface area contributed by atoms with E-state index in [0.29, 0.717) is 11.4 Å². The van der Waals surface area contributed by atoms with Gasteiger partial charge in [-0.25, -0.2) is 4.79 Å². The highest BCUT2D eigenvalue weighted by molar-refractivity contribution is 6.00. The monoisotopic (exact) mass is 289 g/mol. The molecule has 1 heterocycles. The number of nitrogens with one attached hydrogen (secondary N) is 2. The van der Waals surface area contributed by atoms with Gasteiger partial charge in [-0.05, 0) is 30.2 Å². The van der Waals surface area contributed by atoms with E-state index in [1.165, 1.54) is 7.11 Å². The first-order valence-electron chi connectivity index (χ1n) is 6.69. The molecule has 1 atom stereocenters. The normalized spacial score (nSPS) is 12.4. The molecule has 1 amide bonds. The molecule has 0 aliphatic carbocycles. The minimum Gasteiger partial charge on any atom is -0.467 e. The van der Waals surface area contributed by atoms with Gasteiger partial charge in [-0.2, -0.15) is 0 Å². The van der Waals surface area contributed by atoms with Crippen LogP contribution in [0.25, 0.3) is 10.9 Å². The molecule has 1 unspecified atom stereocenters. The van der Waals surface area contributed by atoms with E-state index in [-0.39, 0.29) is 11.8 Å². The zero-order chi connectivity index (χ0) is 15.6. The molecule has 112 valence electrons. The Labute approximate surface area is 122 Å². The lowest BCUT2D eigenvalue weighted by atomic mass is 10.0. The lowest BCUT2D eigenvalue weighted by Crippen LogP contribution is -2.45. The van der Waals surface area contributed by atoms with Crippen LogP contribution in [-0.2, 0) is 9.53 Å². The molecular weight excluding hydrogens is 270 g/mol. The third kappa shape index (κ3) is 3.16. The summed E-state index contributed by atoms with van der Waals surface area (Å²) in [6.45, 7) is 3.68. The molecule has 6 heteroatoms. The van der Waals surface area contributed by atoms with E-state index in [9.17, 15) is 9.59 Å². The summed E-state index contributed by atoms with van der Waals surface area (Å²) in [4.78, 5) is 26.9. The van der Waals surface area contributed by atoms with E-state index >= 15 is 0 Å². The van der Waals surface area contributed by atoms with Crippen molar-refractivity contribution in [3.05, 3.63) is 30.0 Å². The molecule has 1 aromatic carbocycles. The Bertz CT molecular complexity index is 676. The van der Waals surface area contributed by atoms with Crippen molar-refractivity contribution in [2.24, 2.45) is 5.92 Å². The maximum absolute atomic E-state index is 12.3. The number of nitrogens with two attached hydrogens (primary N) is 1. The van der Waals surface area contributed by atoms with Crippen molar-refractivity contribution in [2.45, 2.75) is 19.9 Å². The summed E-state index contributed by atoms with van der Waals surface area (Å²) >= 11 is 0. The van der Waals surface area contributed by atoms with Gasteiger partial charge >= 0.3 is 5.97 Å². The number of hydrogen-bond acceptors (Lipinski definition) is 4. The van der Waals surface area contributed by atoms with Gasteiger partial charge < -0.3 is 20.8 Å². The summed E-state index contributed by atoms with van der Waals surface area (Å²) in [7, 11) is 1.30. The van der Waals surface area contributed by atoms with Gasteiger partial charge in [-0.3, -0.25) is 4.79 Å². The van der Waals surface area contributed by atoms with Crippen LogP contribution in [0.1, 0.15) is 24.3 Å². The SMILES string of the molecule is COC(=O)C(NC(=O)c1cc2cc(N)ccc2[nH]1)C(C)C. The summed E-state index contributed by atoms with van der Waals surface area (Å²) in [5, 5.41) is 3.53. The molecule has 0 aliphatic heterocycles. The molecule has 0 radical (unpaired) electrons. The number of carbonyl (C=O) groups excluding carboxylic acids is 2. The van der Waals surface area contributed by atoms with Crippen LogP contribution in [0.15, 0.2) is 24.3 Å². The maximum atomic E-state index is 12.3. The number of esters is 1. The molecule has 21 heavy (non-hydrogen) atoms. The standard InChI is InChI=1S/C15H19N3O3/c1-8(2)13(15(20)21-3)18-14(19)12-7-9-6-10(16)4-5-11(9)17-12/h4-8,13,17H,16H2,1-3H3,(H,18,19). The van der Waals surface area contributed by atoms with Crippen molar-refractivity contribution >= 4 is 28.5 Å². The van der Waals surface area contributed by atoms with E-state index in [1.807, 2.05) is 19.9 Å². The van der Waals surface area contributed by atoms with Crippen LogP contribution in [0, 0.1) is 5.92 Å². The number of aromatic amines is 1. The van der Waals surface area contributed by atoms with Gasteiger partial charge in [0.1, 0.15) is 11.7 Å². The van der Waals surface area contributed by atoms with Gasteiger partial charge in [0.15, 0.2) is 0 Å². The topological polar surface area (TPSA) is 97.2 Å². The van der Waals surface area contributed by atoms with Crippen LogP contribution in [0.2, 0.25) is 0 Å². The highest BCUT2D eigenvalue weighted by Crippen LogP contribution is 2.18. The zero-order valence-corrected chi connectivity index (χ0v) is 12.3. The molecule has 0 fully saturated rings. The lowest BCUT2D eigenvalue weighted by Gasteiger charge is -2.19. The van der Waals surface area contributed by atoms with Crippen LogP contribution >= 0.6 is 0 Å². The molecule has 1 aromatic heterocycles. The second-order valence-electron chi connectivity index (χ2n) is 5.25. The van der Waals surface area contributed by atoms with Crippen LogP contribution in [0.4, 0.5) is 5.69 Å². The first-order valence-corrected chi connectivity index (χ1v) is 6.69. The van der Waals surface area contributed by atoms with Gasteiger partial charge in [0.2, 0.25) is 0 Å². The number of aromatic nitrogens is 1. The molecule has 2 aromatic rings. The lowest BCUT2D eigenvalue weighted by molar-refractivity contribution is -0.144. The molecule has 0 aliphatic rings. The number of anilines is 1. The maximum Gasteiger partial charge on any atom is 0.328 e. The predicted octanol–water partition coefficient (Wildman–Crippen LogP) is 1.68. The van der Waals surface area contributed by atoms with Crippen molar-refractivity contribution in [1.82, 2.24) is 10.3 Å². The van der Waals surface area contributed by atoms with Crippen LogP contribution in [-0.4, -0.2) is 30.0 Å². The fourth-order valence-corrected chi connectivity index (χ4v) is 2.12. The summed E-state index contributed by atoms with van der Waals surface area (Å²) < 4.78 is 4.70. The number of amides is 1. The number of H-pyrrole nitrogens is 1. The number of carbonyl (C=O) groups is 2. The Hall–Kier alpha value is -2.50. The number of rotatable bonds is 4. The van der Waals surface area contributed by atoms with E-state index in [0.717, 1.165) is 10.9 Å². The zero-order valence-electron chi connectivity index (χ0n) is 12.3.